The Balaban J connectivity index is 3.02. The minimum atomic E-state index is 0.0354. The van der Waals surface area contributed by atoms with Crippen molar-refractivity contribution in [3.63, 3.8) is 0 Å². The second-order valence-corrected chi connectivity index (χ2v) is 4.08. The molecular weight excluding hydrogens is 208 g/mol. The van der Waals surface area contributed by atoms with E-state index < -0.39 is 0 Å². The van der Waals surface area contributed by atoms with E-state index in [0.29, 0.717) is 0 Å². The van der Waals surface area contributed by atoms with Crippen LogP contribution >= 0.6 is 11.6 Å². The molecule has 0 radical (unpaired) electrons. The summed E-state index contributed by atoms with van der Waals surface area (Å²) in [6.07, 6.45) is 0. The van der Waals surface area contributed by atoms with Crippen molar-refractivity contribution in [3.05, 3.63) is 28.8 Å². The van der Waals surface area contributed by atoms with Gasteiger partial charge in [-0.3, -0.25) is 0 Å². The van der Waals surface area contributed by atoms with E-state index >= 15 is 0 Å². The highest BCUT2D eigenvalue weighted by atomic mass is 35.5. The Hall–Kier alpha value is -0.730. The van der Waals surface area contributed by atoms with Crippen LogP contribution in [0.25, 0.3) is 0 Å². The summed E-state index contributed by atoms with van der Waals surface area (Å²) in [5.41, 5.74) is 7.97. The van der Waals surface area contributed by atoms with Gasteiger partial charge in [0.15, 0.2) is 0 Å². The molecule has 15 heavy (non-hydrogen) atoms. The van der Waals surface area contributed by atoms with Gasteiger partial charge in [0.25, 0.3) is 0 Å². The Morgan fingerprint density at radius 1 is 1.33 bits per heavy atom. The van der Waals surface area contributed by atoms with Crippen LogP contribution in [-0.2, 0) is 0 Å². The van der Waals surface area contributed by atoms with E-state index in [1.54, 1.807) is 0 Å². The number of hydrogen-bond donors (Lipinski definition) is 1. The van der Waals surface area contributed by atoms with Gasteiger partial charge >= 0.3 is 0 Å². The highest BCUT2D eigenvalue weighted by Crippen LogP contribution is 2.28. The maximum absolute atomic E-state index is 6.23. The van der Waals surface area contributed by atoms with Gasteiger partial charge in [0.2, 0.25) is 0 Å². The molecule has 1 aromatic carbocycles. The summed E-state index contributed by atoms with van der Waals surface area (Å²) in [6.45, 7) is 8.14. The zero-order valence-corrected chi connectivity index (χ0v) is 10.4. The maximum atomic E-state index is 6.23. The molecule has 1 atom stereocenters. The lowest BCUT2D eigenvalue weighted by molar-refractivity contribution is 0.815. The predicted octanol–water partition coefficient (Wildman–Crippen LogP) is 3.21. The second kappa shape index (κ2) is 5.38. The van der Waals surface area contributed by atoms with Crippen LogP contribution in [0, 0.1) is 0 Å². The van der Waals surface area contributed by atoms with Crippen LogP contribution in [0.4, 0.5) is 5.69 Å². The molecule has 3 heteroatoms. The van der Waals surface area contributed by atoms with E-state index in [-0.39, 0.29) is 6.04 Å². The summed E-state index contributed by atoms with van der Waals surface area (Å²) >= 11 is 6.23. The standard InChI is InChI=1S/C12H19ClN2/c1-4-15(5-2)12-7-6-10(9(3)14)8-11(12)13/h6-9H,4-5,14H2,1-3H3/t9-/m0/s1. The number of rotatable bonds is 4. The number of nitrogens with two attached hydrogens (primary N) is 1. The highest BCUT2D eigenvalue weighted by Gasteiger charge is 2.08. The minimum absolute atomic E-state index is 0.0354. The summed E-state index contributed by atoms with van der Waals surface area (Å²) in [6, 6.07) is 6.09. The van der Waals surface area contributed by atoms with E-state index in [9.17, 15) is 0 Å². The first kappa shape index (κ1) is 12.3. The average Bonchev–Trinajstić information content (AvgIpc) is 2.21. The molecule has 0 unspecified atom stereocenters. The van der Waals surface area contributed by atoms with Crippen molar-refractivity contribution in [1.82, 2.24) is 0 Å². The molecule has 84 valence electrons. The summed E-state index contributed by atoms with van der Waals surface area (Å²) in [4.78, 5) is 2.23. The number of nitrogens with zero attached hydrogens (tertiary/aromatic N) is 1. The lowest BCUT2D eigenvalue weighted by atomic mass is 10.1. The third kappa shape index (κ3) is 2.86. The Morgan fingerprint density at radius 2 is 1.93 bits per heavy atom. The number of benzene rings is 1. The molecular formula is C12H19ClN2. The van der Waals surface area contributed by atoms with Crippen LogP contribution in [0.5, 0.6) is 0 Å². The minimum Gasteiger partial charge on any atom is -0.371 e. The summed E-state index contributed by atoms with van der Waals surface area (Å²) in [5, 5.41) is 0.786. The van der Waals surface area contributed by atoms with Crippen molar-refractivity contribution >= 4 is 17.3 Å². The van der Waals surface area contributed by atoms with Gasteiger partial charge in [-0.15, -0.1) is 0 Å². The summed E-state index contributed by atoms with van der Waals surface area (Å²) in [7, 11) is 0. The SMILES string of the molecule is CCN(CC)c1ccc([C@H](C)N)cc1Cl. The largest absolute Gasteiger partial charge is 0.371 e. The van der Waals surface area contributed by atoms with Crippen molar-refractivity contribution < 1.29 is 0 Å². The van der Waals surface area contributed by atoms with E-state index in [1.807, 2.05) is 25.1 Å². The lowest BCUT2D eigenvalue weighted by Gasteiger charge is -2.23. The fourth-order valence-corrected chi connectivity index (χ4v) is 1.94. The van der Waals surface area contributed by atoms with Gasteiger partial charge in [-0.05, 0) is 38.5 Å². The first-order valence-corrected chi connectivity index (χ1v) is 5.77. The van der Waals surface area contributed by atoms with E-state index in [0.717, 1.165) is 29.4 Å². The van der Waals surface area contributed by atoms with Gasteiger partial charge in [0, 0.05) is 19.1 Å². The van der Waals surface area contributed by atoms with Crippen LogP contribution in [-0.4, -0.2) is 13.1 Å². The zero-order valence-electron chi connectivity index (χ0n) is 9.63. The third-order valence-electron chi connectivity index (χ3n) is 2.60. The molecule has 2 nitrogen and oxygen atoms in total. The quantitative estimate of drug-likeness (QED) is 0.855. The third-order valence-corrected chi connectivity index (χ3v) is 2.90. The van der Waals surface area contributed by atoms with Crippen LogP contribution < -0.4 is 10.6 Å². The van der Waals surface area contributed by atoms with Crippen molar-refractivity contribution in [2.75, 3.05) is 18.0 Å². The summed E-state index contributed by atoms with van der Waals surface area (Å²) < 4.78 is 0. The van der Waals surface area contributed by atoms with Gasteiger partial charge in [0.1, 0.15) is 0 Å². The molecule has 0 bridgehead atoms. The molecule has 0 aliphatic heterocycles. The van der Waals surface area contributed by atoms with Gasteiger partial charge in [-0.1, -0.05) is 17.7 Å². The van der Waals surface area contributed by atoms with Gasteiger partial charge < -0.3 is 10.6 Å². The van der Waals surface area contributed by atoms with E-state index in [4.69, 9.17) is 17.3 Å². The Bertz CT molecular complexity index is 319. The van der Waals surface area contributed by atoms with Gasteiger partial charge in [-0.25, -0.2) is 0 Å². The number of hydrogen-bond acceptors (Lipinski definition) is 2. The Morgan fingerprint density at radius 3 is 2.33 bits per heavy atom. The second-order valence-electron chi connectivity index (χ2n) is 3.67. The molecule has 0 aliphatic carbocycles. The first-order chi connectivity index (χ1) is 7.10. The average molecular weight is 227 g/mol. The van der Waals surface area contributed by atoms with E-state index in [2.05, 4.69) is 18.7 Å². The van der Waals surface area contributed by atoms with Crippen molar-refractivity contribution in [1.29, 1.82) is 0 Å². The summed E-state index contributed by atoms with van der Waals surface area (Å²) in [5.74, 6) is 0. The molecule has 1 rings (SSSR count). The van der Waals surface area contributed by atoms with Crippen LogP contribution in [0.1, 0.15) is 32.4 Å². The lowest BCUT2D eigenvalue weighted by Crippen LogP contribution is -2.22. The van der Waals surface area contributed by atoms with Crippen molar-refractivity contribution in [2.24, 2.45) is 5.73 Å². The molecule has 0 fully saturated rings. The fourth-order valence-electron chi connectivity index (χ4n) is 1.63. The molecule has 0 amide bonds. The number of halogens is 1. The molecule has 0 spiro atoms. The Labute approximate surface area is 97.0 Å². The van der Waals surface area contributed by atoms with Crippen molar-refractivity contribution in [3.8, 4) is 0 Å². The highest BCUT2D eigenvalue weighted by molar-refractivity contribution is 6.33. The number of anilines is 1. The van der Waals surface area contributed by atoms with E-state index in [1.165, 1.54) is 0 Å². The molecule has 0 aromatic heterocycles. The molecule has 0 saturated heterocycles. The molecule has 0 heterocycles. The predicted molar refractivity (Wildman–Crippen MR) is 67.6 cm³/mol. The van der Waals surface area contributed by atoms with Gasteiger partial charge in [-0.2, -0.15) is 0 Å². The van der Waals surface area contributed by atoms with Crippen LogP contribution in [0.15, 0.2) is 18.2 Å². The Kier molecular flexibility index (Phi) is 4.43. The zero-order chi connectivity index (χ0) is 11.4. The first-order valence-electron chi connectivity index (χ1n) is 5.40. The van der Waals surface area contributed by atoms with Gasteiger partial charge in [0.05, 0.1) is 10.7 Å². The maximum Gasteiger partial charge on any atom is 0.0642 e. The monoisotopic (exact) mass is 226 g/mol. The van der Waals surface area contributed by atoms with Crippen LogP contribution in [0.3, 0.4) is 0 Å². The molecule has 2 N–H and O–H groups in total. The smallest absolute Gasteiger partial charge is 0.0642 e. The fraction of sp³-hybridized carbons (Fsp3) is 0.500. The molecule has 0 aliphatic rings. The topological polar surface area (TPSA) is 29.3 Å². The molecule has 1 aromatic rings. The normalized spacial score (nSPS) is 12.6. The molecule has 0 saturated carbocycles. The van der Waals surface area contributed by atoms with Crippen molar-refractivity contribution in [2.45, 2.75) is 26.8 Å². The van der Waals surface area contributed by atoms with Crippen LogP contribution in [0.2, 0.25) is 5.02 Å².